The summed E-state index contributed by atoms with van der Waals surface area (Å²) in [7, 11) is 0. The average molecular weight is 723 g/mol. The number of hydrogen-bond donors (Lipinski definition) is 0. The van der Waals surface area contributed by atoms with Crippen LogP contribution in [-0.2, 0) is 28.6 Å². The highest BCUT2D eigenvalue weighted by molar-refractivity contribution is 5.71. The van der Waals surface area contributed by atoms with E-state index in [4.69, 9.17) is 14.2 Å². The predicted molar refractivity (Wildman–Crippen MR) is 215 cm³/mol. The van der Waals surface area contributed by atoms with Gasteiger partial charge in [0.05, 0.1) is 0 Å². The molecule has 0 aliphatic carbocycles. The molecule has 0 aromatic carbocycles. The normalized spacial score (nSPS) is 11.9. The zero-order valence-corrected chi connectivity index (χ0v) is 34.6. The third-order valence-corrected chi connectivity index (χ3v) is 10.0. The van der Waals surface area contributed by atoms with Crippen LogP contribution in [0.5, 0.6) is 0 Å². The molecular formula is C45H86O6. The first-order chi connectivity index (χ1) is 24.9. The van der Waals surface area contributed by atoms with Crippen LogP contribution in [0.4, 0.5) is 0 Å². The molecule has 0 fully saturated rings. The lowest BCUT2D eigenvalue weighted by molar-refractivity contribution is -0.167. The van der Waals surface area contributed by atoms with E-state index in [9.17, 15) is 14.4 Å². The second-order valence-electron chi connectivity index (χ2n) is 15.8. The van der Waals surface area contributed by atoms with Gasteiger partial charge in [0, 0.05) is 19.3 Å². The molecule has 0 aromatic heterocycles. The second-order valence-corrected chi connectivity index (χ2v) is 15.8. The number of unbranched alkanes of at least 4 members (excludes halogenated alkanes) is 27. The van der Waals surface area contributed by atoms with Crippen molar-refractivity contribution in [2.75, 3.05) is 13.2 Å². The number of carbonyl (C=O) groups is 3. The van der Waals surface area contributed by atoms with Gasteiger partial charge in [-0.25, -0.2) is 0 Å². The Labute approximate surface area is 317 Å². The first kappa shape index (κ1) is 49.4. The van der Waals surface area contributed by atoms with Crippen molar-refractivity contribution >= 4 is 17.9 Å². The van der Waals surface area contributed by atoms with Gasteiger partial charge in [0.1, 0.15) is 13.2 Å². The predicted octanol–water partition coefficient (Wildman–Crippen LogP) is 13.9. The summed E-state index contributed by atoms with van der Waals surface area (Å²) in [5, 5.41) is 0. The van der Waals surface area contributed by atoms with Crippen LogP contribution in [0.1, 0.15) is 246 Å². The summed E-state index contributed by atoms with van der Waals surface area (Å²) >= 11 is 0. The molecule has 6 heteroatoms. The molecule has 1 atom stereocenters. The Kier molecular flexibility index (Phi) is 38.4. The van der Waals surface area contributed by atoms with Crippen molar-refractivity contribution in [3.05, 3.63) is 0 Å². The van der Waals surface area contributed by atoms with Gasteiger partial charge in [-0.05, 0) is 25.2 Å². The summed E-state index contributed by atoms with van der Waals surface area (Å²) < 4.78 is 16.7. The zero-order chi connectivity index (χ0) is 37.5. The molecule has 0 bridgehead atoms. The molecule has 0 heterocycles. The lowest BCUT2D eigenvalue weighted by atomic mass is 10.0. The largest absolute Gasteiger partial charge is 0.462 e. The fourth-order valence-electron chi connectivity index (χ4n) is 6.63. The van der Waals surface area contributed by atoms with Gasteiger partial charge in [0.2, 0.25) is 0 Å². The van der Waals surface area contributed by atoms with Gasteiger partial charge in [-0.2, -0.15) is 0 Å². The average Bonchev–Trinajstić information content (AvgIpc) is 3.11. The van der Waals surface area contributed by atoms with E-state index in [1.165, 1.54) is 141 Å². The number of carbonyl (C=O) groups excluding carboxylic acids is 3. The van der Waals surface area contributed by atoms with Crippen LogP contribution in [0.3, 0.4) is 0 Å². The summed E-state index contributed by atoms with van der Waals surface area (Å²) in [6, 6.07) is 0. The first-order valence-corrected chi connectivity index (χ1v) is 22.4. The maximum atomic E-state index is 12.7. The van der Waals surface area contributed by atoms with Crippen molar-refractivity contribution in [2.24, 2.45) is 5.92 Å². The molecule has 302 valence electrons. The highest BCUT2D eigenvalue weighted by atomic mass is 16.6. The summed E-state index contributed by atoms with van der Waals surface area (Å²) in [6.45, 7) is 8.94. The number of esters is 3. The maximum absolute atomic E-state index is 12.7. The van der Waals surface area contributed by atoms with Crippen molar-refractivity contribution in [2.45, 2.75) is 252 Å². The molecule has 0 spiro atoms. The molecular weight excluding hydrogens is 636 g/mol. The number of ether oxygens (including phenoxy) is 3. The lowest BCUT2D eigenvalue weighted by Gasteiger charge is -2.18. The fraction of sp³-hybridized carbons (Fsp3) is 0.933. The van der Waals surface area contributed by atoms with E-state index in [0.29, 0.717) is 19.3 Å². The minimum atomic E-state index is -0.758. The molecule has 0 amide bonds. The van der Waals surface area contributed by atoms with Crippen molar-refractivity contribution in [1.29, 1.82) is 0 Å². The number of hydrogen-bond acceptors (Lipinski definition) is 6. The van der Waals surface area contributed by atoms with E-state index in [1.54, 1.807) is 0 Å². The number of rotatable bonds is 40. The van der Waals surface area contributed by atoms with E-state index in [0.717, 1.165) is 63.7 Å². The third kappa shape index (κ3) is 39.5. The van der Waals surface area contributed by atoms with E-state index in [-0.39, 0.29) is 31.1 Å². The van der Waals surface area contributed by atoms with Gasteiger partial charge < -0.3 is 14.2 Å². The van der Waals surface area contributed by atoms with Crippen molar-refractivity contribution in [3.8, 4) is 0 Å². The molecule has 51 heavy (non-hydrogen) atoms. The fourth-order valence-corrected chi connectivity index (χ4v) is 6.63. The van der Waals surface area contributed by atoms with Crippen LogP contribution in [0.15, 0.2) is 0 Å². The Balaban J connectivity index is 4.34. The summed E-state index contributed by atoms with van der Waals surface area (Å²) in [4.78, 5) is 37.6. The van der Waals surface area contributed by atoms with Gasteiger partial charge >= 0.3 is 17.9 Å². The Hall–Kier alpha value is -1.59. The topological polar surface area (TPSA) is 78.9 Å². The molecule has 0 N–H and O–H groups in total. The monoisotopic (exact) mass is 723 g/mol. The minimum Gasteiger partial charge on any atom is -0.462 e. The maximum Gasteiger partial charge on any atom is 0.306 e. The van der Waals surface area contributed by atoms with E-state index < -0.39 is 6.10 Å². The summed E-state index contributed by atoms with van der Waals surface area (Å²) in [5.74, 6) is -0.0614. The van der Waals surface area contributed by atoms with E-state index in [2.05, 4.69) is 27.7 Å². The molecule has 0 aromatic rings. The van der Waals surface area contributed by atoms with Crippen LogP contribution < -0.4 is 0 Å². The van der Waals surface area contributed by atoms with Crippen molar-refractivity contribution in [3.63, 3.8) is 0 Å². The van der Waals surface area contributed by atoms with Crippen LogP contribution in [-0.4, -0.2) is 37.2 Å². The molecule has 0 aliphatic rings. The summed E-state index contributed by atoms with van der Waals surface area (Å²) in [5.41, 5.74) is 0. The standard InChI is InChI=1S/C45H86O6/c1-5-7-9-11-13-15-17-18-20-26-30-34-38-45(48)51-42(39-49-43(46)36-32-28-24-19-16-14-12-10-8-6-2)40-50-44(47)37-33-29-25-22-21-23-27-31-35-41(3)4/h41-42H,5-40H2,1-4H3/t42-/m1/s1. The van der Waals surface area contributed by atoms with Gasteiger partial charge in [-0.3, -0.25) is 14.4 Å². The van der Waals surface area contributed by atoms with Crippen molar-refractivity contribution in [1.82, 2.24) is 0 Å². The molecule has 0 aliphatic heterocycles. The molecule has 0 rings (SSSR count). The minimum absolute atomic E-state index is 0.0643. The van der Waals surface area contributed by atoms with Crippen LogP contribution in [0, 0.1) is 5.92 Å². The second kappa shape index (κ2) is 39.6. The van der Waals surface area contributed by atoms with Crippen molar-refractivity contribution < 1.29 is 28.6 Å². The SMILES string of the molecule is CCCCCCCCCCCCCCC(=O)O[C@H](COC(=O)CCCCCCCCCCCC)COC(=O)CCCCCCCCCCC(C)C. The van der Waals surface area contributed by atoms with Crippen LogP contribution in [0.25, 0.3) is 0 Å². The first-order valence-electron chi connectivity index (χ1n) is 22.4. The highest BCUT2D eigenvalue weighted by Gasteiger charge is 2.19. The van der Waals surface area contributed by atoms with Gasteiger partial charge in [-0.1, -0.05) is 207 Å². The molecule has 0 radical (unpaired) electrons. The van der Waals surface area contributed by atoms with Gasteiger partial charge in [0.25, 0.3) is 0 Å². The van der Waals surface area contributed by atoms with Crippen LogP contribution >= 0.6 is 0 Å². The van der Waals surface area contributed by atoms with Crippen LogP contribution in [0.2, 0.25) is 0 Å². The quantitative estimate of drug-likeness (QED) is 0.0356. The highest BCUT2D eigenvalue weighted by Crippen LogP contribution is 2.16. The third-order valence-electron chi connectivity index (χ3n) is 10.0. The van der Waals surface area contributed by atoms with Gasteiger partial charge in [0.15, 0.2) is 6.10 Å². The lowest BCUT2D eigenvalue weighted by Crippen LogP contribution is -2.30. The summed E-state index contributed by atoms with van der Waals surface area (Å²) in [6.07, 6.45) is 38.0. The molecule has 0 unspecified atom stereocenters. The Morgan fingerprint density at radius 3 is 0.961 bits per heavy atom. The Bertz CT molecular complexity index is 766. The van der Waals surface area contributed by atoms with E-state index >= 15 is 0 Å². The Morgan fingerprint density at radius 2 is 0.647 bits per heavy atom. The zero-order valence-electron chi connectivity index (χ0n) is 34.6. The molecule has 0 saturated carbocycles. The smallest absolute Gasteiger partial charge is 0.306 e. The van der Waals surface area contributed by atoms with E-state index in [1.807, 2.05) is 0 Å². The molecule has 0 saturated heterocycles. The molecule has 6 nitrogen and oxygen atoms in total. The van der Waals surface area contributed by atoms with Gasteiger partial charge in [-0.15, -0.1) is 0 Å². The Morgan fingerprint density at radius 1 is 0.373 bits per heavy atom.